The fourth-order valence-electron chi connectivity index (χ4n) is 2.09. The van der Waals surface area contributed by atoms with Crippen LogP contribution in [-0.2, 0) is 21.3 Å². The first kappa shape index (κ1) is 11.3. The minimum absolute atomic E-state index is 0.0525. The summed E-state index contributed by atoms with van der Waals surface area (Å²) in [6.07, 6.45) is 1.81. The van der Waals surface area contributed by atoms with Crippen molar-refractivity contribution in [1.29, 1.82) is 0 Å². The zero-order valence-corrected chi connectivity index (χ0v) is 10.5. The van der Waals surface area contributed by atoms with Gasteiger partial charge in [0.2, 0.25) is 5.91 Å². The summed E-state index contributed by atoms with van der Waals surface area (Å²) < 4.78 is 12.5. The van der Waals surface area contributed by atoms with Crippen LogP contribution in [0.25, 0.3) is 0 Å². The Bertz CT molecular complexity index is 470. The van der Waals surface area contributed by atoms with E-state index in [1.165, 1.54) is 0 Å². The second-order valence-electron chi connectivity index (χ2n) is 4.39. The van der Waals surface area contributed by atoms with Crippen LogP contribution in [0.2, 0.25) is 0 Å². The molecule has 0 radical (unpaired) electrons. The van der Waals surface area contributed by atoms with Crippen LogP contribution in [0.3, 0.4) is 0 Å². The van der Waals surface area contributed by atoms with Crippen molar-refractivity contribution in [2.75, 3.05) is 18.6 Å². The highest BCUT2D eigenvalue weighted by atomic mass is 32.2. The smallest absolute Gasteiger partial charge is 0.219 e. The van der Waals surface area contributed by atoms with Crippen molar-refractivity contribution in [3.8, 4) is 0 Å². The molecule has 0 aromatic heterocycles. The van der Waals surface area contributed by atoms with E-state index in [9.17, 15) is 9.00 Å². The van der Waals surface area contributed by atoms with E-state index in [0.29, 0.717) is 18.8 Å². The van der Waals surface area contributed by atoms with Crippen molar-refractivity contribution in [2.45, 2.75) is 18.4 Å². The summed E-state index contributed by atoms with van der Waals surface area (Å²) in [5.41, 5.74) is 1.03. The standard InChI is InChI=1S/C12H17NO2S/c1-10(14)13-7-8-16(2,15)12-6-4-3-5-11(12)9-13/h3-6,16H,7-9H2,1-2H3. The van der Waals surface area contributed by atoms with Crippen molar-refractivity contribution in [3.05, 3.63) is 29.8 Å². The fraction of sp³-hybridized carbons (Fsp3) is 0.417. The molecule has 0 saturated heterocycles. The number of fused-ring (bicyclic) bond motifs is 1. The van der Waals surface area contributed by atoms with Gasteiger partial charge >= 0.3 is 0 Å². The zero-order valence-electron chi connectivity index (χ0n) is 9.64. The Labute approximate surface area is 96.9 Å². The predicted molar refractivity (Wildman–Crippen MR) is 66.1 cm³/mol. The lowest BCUT2D eigenvalue weighted by atomic mass is 10.2. The third-order valence-electron chi connectivity index (χ3n) is 3.10. The molecule has 1 heterocycles. The SMILES string of the molecule is CC(=O)N1CC[SH](C)(=O)c2ccccc2C1. The number of rotatable bonds is 0. The van der Waals surface area contributed by atoms with Crippen molar-refractivity contribution in [3.63, 3.8) is 0 Å². The minimum atomic E-state index is -2.29. The van der Waals surface area contributed by atoms with Crippen molar-refractivity contribution < 1.29 is 9.00 Å². The molecule has 0 spiro atoms. The van der Waals surface area contributed by atoms with Crippen LogP contribution in [0.4, 0.5) is 0 Å². The van der Waals surface area contributed by atoms with Gasteiger partial charge in [0.15, 0.2) is 0 Å². The van der Waals surface area contributed by atoms with E-state index in [-0.39, 0.29) is 5.91 Å². The molecule has 1 amide bonds. The van der Waals surface area contributed by atoms with Gasteiger partial charge in [-0.3, -0.25) is 9.00 Å². The Morgan fingerprint density at radius 2 is 2.06 bits per heavy atom. The van der Waals surface area contributed by atoms with Crippen molar-refractivity contribution in [2.24, 2.45) is 0 Å². The molecule has 1 aliphatic heterocycles. The first-order valence-electron chi connectivity index (χ1n) is 5.41. The Kier molecular flexibility index (Phi) is 2.84. The van der Waals surface area contributed by atoms with E-state index in [1.807, 2.05) is 30.5 Å². The number of thiol groups is 1. The topological polar surface area (TPSA) is 37.4 Å². The summed E-state index contributed by atoms with van der Waals surface area (Å²) in [6, 6.07) is 7.74. The van der Waals surface area contributed by atoms with E-state index >= 15 is 0 Å². The van der Waals surface area contributed by atoms with Gasteiger partial charge in [-0.1, -0.05) is 28.1 Å². The Hall–Kier alpha value is -1.16. The number of nitrogens with zero attached hydrogens (tertiary/aromatic N) is 1. The van der Waals surface area contributed by atoms with Gasteiger partial charge in [0.05, 0.1) is 0 Å². The monoisotopic (exact) mass is 239 g/mol. The molecule has 0 fully saturated rings. The van der Waals surface area contributed by atoms with Gasteiger partial charge in [-0.05, 0) is 17.9 Å². The van der Waals surface area contributed by atoms with Crippen molar-refractivity contribution in [1.82, 2.24) is 4.90 Å². The molecule has 16 heavy (non-hydrogen) atoms. The average molecular weight is 239 g/mol. The number of carbonyl (C=O) groups is 1. The van der Waals surface area contributed by atoms with Crippen LogP contribution >= 0.6 is 0 Å². The van der Waals surface area contributed by atoms with Crippen LogP contribution < -0.4 is 0 Å². The van der Waals surface area contributed by atoms with Gasteiger partial charge in [0, 0.05) is 30.7 Å². The molecule has 2 rings (SSSR count). The number of carbonyl (C=O) groups excluding carboxylic acids is 1. The van der Waals surface area contributed by atoms with Gasteiger partial charge in [0.1, 0.15) is 0 Å². The molecule has 1 aromatic rings. The number of hydrogen-bond acceptors (Lipinski definition) is 2. The average Bonchev–Trinajstić information content (AvgIpc) is 2.36. The van der Waals surface area contributed by atoms with Crippen molar-refractivity contribution >= 4 is 15.8 Å². The van der Waals surface area contributed by atoms with Crippen LogP contribution in [0.15, 0.2) is 29.2 Å². The molecular weight excluding hydrogens is 222 g/mol. The normalized spacial score (nSPS) is 20.8. The molecular formula is C12H17NO2S. The largest absolute Gasteiger partial charge is 0.338 e. The maximum absolute atomic E-state index is 12.5. The summed E-state index contributed by atoms with van der Waals surface area (Å²) >= 11 is 0. The molecule has 3 nitrogen and oxygen atoms in total. The second-order valence-corrected chi connectivity index (χ2v) is 7.52. The van der Waals surface area contributed by atoms with E-state index < -0.39 is 9.93 Å². The maximum Gasteiger partial charge on any atom is 0.219 e. The molecule has 0 N–H and O–H groups in total. The Balaban J connectivity index is 2.46. The molecule has 0 saturated carbocycles. The van der Waals surface area contributed by atoms with Crippen LogP contribution in [-0.4, -0.2) is 33.6 Å². The molecule has 4 heteroatoms. The molecule has 0 aliphatic carbocycles. The third-order valence-corrected chi connectivity index (χ3v) is 5.61. The lowest BCUT2D eigenvalue weighted by Gasteiger charge is -2.19. The summed E-state index contributed by atoms with van der Waals surface area (Å²) in [4.78, 5) is 14.1. The number of hydrogen-bond donors (Lipinski definition) is 1. The van der Waals surface area contributed by atoms with E-state index in [4.69, 9.17) is 0 Å². The lowest BCUT2D eigenvalue weighted by molar-refractivity contribution is -0.129. The summed E-state index contributed by atoms with van der Waals surface area (Å²) in [7, 11) is -2.29. The number of amides is 1. The Morgan fingerprint density at radius 1 is 1.38 bits per heavy atom. The highest BCUT2D eigenvalue weighted by Crippen LogP contribution is 2.25. The molecule has 0 bridgehead atoms. The van der Waals surface area contributed by atoms with Crippen LogP contribution in [0.1, 0.15) is 12.5 Å². The number of benzene rings is 1. The van der Waals surface area contributed by atoms with Gasteiger partial charge in [-0.15, -0.1) is 0 Å². The summed E-state index contributed by atoms with van der Waals surface area (Å²) in [6.45, 7) is 2.75. The minimum Gasteiger partial charge on any atom is -0.338 e. The quantitative estimate of drug-likeness (QED) is 0.687. The summed E-state index contributed by atoms with van der Waals surface area (Å²) in [5.74, 6) is 0.639. The zero-order chi connectivity index (χ0) is 11.8. The highest BCUT2D eigenvalue weighted by Gasteiger charge is 2.23. The third kappa shape index (κ3) is 2.02. The maximum atomic E-state index is 12.5. The molecule has 0 unspecified atom stereocenters. The van der Waals surface area contributed by atoms with Crippen LogP contribution in [0, 0.1) is 0 Å². The van der Waals surface area contributed by atoms with Gasteiger partial charge in [-0.2, -0.15) is 0 Å². The van der Waals surface area contributed by atoms with E-state index in [0.717, 1.165) is 10.5 Å². The molecule has 88 valence electrons. The predicted octanol–water partition coefficient (Wildman–Crippen LogP) is 1.05. The first-order valence-corrected chi connectivity index (χ1v) is 7.75. The molecule has 1 aliphatic rings. The summed E-state index contributed by atoms with van der Waals surface area (Å²) in [5, 5.41) is 0. The second kappa shape index (κ2) is 4.01. The molecule has 1 aromatic carbocycles. The lowest BCUT2D eigenvalue weighted by Crippen LogP contribution is -2.31. The van der Waals surface area contributed by atoms with Crippen LogP contribution in [0.5, 0.6) is 0 Å². The Morgan fingerprint density at radius 3 is 2.75 bits per heavy atom. The van der Waals surface area contributed by atoms with Gasteiger partial charge < -0.3 is 4.90 Å². The van der Waals surface area contributed by atoms with Gasteiger partial charge in [0.25, 0.3) is 0 Å². The molecule has 0 atom stereocenters. The van der Waals surface area contributed by atoms with E-state index in [2.05, 4.69) is 0 Å². The highest BCUT2D eigenvalue weighted by molar-refractivity contribution is 8.02. The van der Waals surface area contributed by atoms with E-state index in [1.54, 1.807) is 11.8 Å². The fourth-order valence-corrected chi connectivity index (χ4v) is 4.11. The first-order chi connectivity index (χ1) is 7.50. The van der Waals surface area contributed by atoms with Gasteiger partial charge in [-0.25, -0.2) is 0 Å².